The Bertz CT molecular complexity index is 573. The molecule has 1 aromatic heterocycles. The van der Waals surface area contributed by atoms with Crippen molar-refractivity contribution in [3.63, 3.8) is 0 Å². The van der Waals surface area contributed by atoms with Crippen LogP contribution in [-0.4, -0.2) is 54.4 Å². The number of carbonyl (C=O) groups excluding carboxylic acids is 3. The number of aromatic nitrogens is 1. The lowest BCUT2D eigenvalue weighted by Crippen LogP contribution is -2.48. The van der Waals surface area contributed by atoms with Gasteiger partial charge in [0.2, 0.25) is 5.91 Å². The van der Waals surface area contributed by atoms with E-state index in [9.17, 15) is 14.4 Å². The molecule has 0 radical (unpaired) electrons. The monoisotopic (exact) mass is 291 g/mol. The van der Waals surface area contributed by atoms with Crippen LogP contribution in [0.5, 0.6) is 0 Å². The number of amides is 2. The molecule has 1 aliphatic rings. The molecule has 0 aliphatic carbocycles. The molecule has 1 fully saturated rings. The van der Waals surface area contributed by atoms with Gasteiger partial charge in [-0.25, -0.2) is 9.78 Å². The Labute approximate surface area is 122 Å². The number of carbonyl (C=O) groups is 3. The molecule has 2 amide bonds. The summed E-state index contributed by atoms with van der Waals surface area (Å²) in [6.45, 7) is 0.473. The molecule has 0 bridgehead atoms. The van der Waals surface area contributed by atoms with Crippen LogP contribution in [-0.2, 0) is 9.53 Å². The number of nitrogens with one attached hydrogen (secondary N) is 1. The number of pyridine rings is 1. The van der Waals surface area contributed by atoms with Gasteiger partial charge in [0.05, 0.1) is 7.11 Å². The second kappa shape index (κ2) is 6.34. The molecule has 21 heavy (non-hydrogen) atoms. The fraction of sp³-hybridized carbons (Fsp3) is 0.429. The molecule has 7 nitrogen and oxygen atoms in total. The minimum atomic E-state index is -0.590. The van der Waals surface area contributed by atoms with Crippen LogP contribution >= 0.6 is 0 Å². The Balaban J connectivity index is 2.03. The van der Waals surface area contributed by atoms with E-state index in [2.05, 4.69) is 15.0 Å². The zero-order chi connectivity index (χ0) is 15.4. The number of likely N-dealkylation sites (N-methyl/N-ethyl adjacent to an activating group) is 1. The Morgan fingerprint density at radius 2 is 2.10 bits per heavy atom. The van der Waals surface area contributed by atoms with Crippen LogP contribution in [0.3, 0.4) is 0 Å². The molecule has 7 heteroatoms. The van der Waals surface area contributed by atoms with E-state index in [1.807, 2.05) is 0 Å². The Kier molecular flexibility index (Phi) is 4.52. The highest BCUT2D eigenvalue weighted by Crippen LogP contribution is 2.10. The van der Waals surface area contributed by atoms with E-state index in [-0.39, 0.29) is 29.2 Å². The van der Waals surface area contributed by atoms with E-state index < -0.39 is 5.97 Å². The molecule has 1 aliphatic heterocycles. The van der Waals surface area contributed by atoms with Gasteiger partial charge in [-0.15, -0.1) is 0 Å². The van der Waals surface area contributed by atoms with Gasteiger partial charge >= 0.3 is 5.97 Å². The number of esters is 1. The van der Waals surface area contributed by atoms with Gasteiger partial charge in [0, 0.05) is 26.1 Å². The van der Waals surface area contributed by atoms with Gasteiger partial charge in [-0.3, -0.25) is 9.59 Å². The van der Waals surface area contributed by atoms with Crippen LogP contribution in [0.25, 0.3) is 0 Å². The van der Waals surface area contributed by atoms with Crippen LogP contribution in [0.2, 0.25) is 0 Å². The molecular weight excluding hydrogens is 274 g/mol. The molecule has 2 rings (SSSR count). The van der Waals surface area contributed by atoms with Crippen LogP contribution in [0.15, 0.2) is 18.2 Å². The van der Waals surface area contributed by atoms with Crippen molar-refractivity contribution in [2.24, 2.45) is 0 Å². The first-order valence-corrected chi connectivity index (χ1v) is 6.61. The molecule has 0 unspecified atom stereocenters. The Morgan fingerprint density at radius 1 is 1.38 bits per heavy atom. The van der Waals surface area contributed by atoms with Crippen molar-refractivity contribution in [1.82, 2.24) is 15.2 Å². The third-order valence-corrected chi connectivity index (χ3v) is 3.34. The van der Waals surface area contributed by atoms with Gasteiger partial charge in [-0.2, -0.15) is 0 Å². The average molecular weight is 291 g/mol. The van der Waals surface area contributed by atoms with Gasteiger partial charge < -0.3 is 15.0 Å². The third-order valence-electron chi connectivity index (χ3n) is 3.34. The van der Waals surface area contributed by atoms with Gasteiger partial charge in [-0.05, 0) is 18.6 Å². The minimum Gasteiger partial charge on any atom is -0.464 e. The van der Waals surface area contributed by atoms with Crippen molar-refractivity contribution in [1.29, 1.82) is 0 Å². The zero-order valence-electron chi connectivity index (χ0n) is 12.0. The minimum absolute atomic E-state index is 0.0753. The smallest absolute Gasteiger partial charge is 0.356 e. The van der Waals surface area contributed by atoms with Gasteiger partial charge in [0.25, 0.3) is 5.91 Å². The van der Waals surface area contributed by atoms with E-state index in [0.29, 0.717) is 19.4 Å². The fourth-order valence-electron chi connectivity index (χ4n) is 2.17. The molecule has 1 aromatic rings. The van der Waals surface area contributed by atoms with Crippen LogP contribution < -0.4 is 5.32 Å². The summed E-state index contributed by atoms with van der Waals surface area (Å²) >= 11 is 0. The highest BCUT2D eigenvalue weighted by Gasteiger charge is 2.24. The van der Waals surface area contributed by atoms with Gasteiger partial charge in [-0.1, -0.05) is 6.07 Å². The summed E-state index contributed by atoms with van der Waals surface area (Å²) in [5.41, 5.74) is 0.235. The largest absolute Gasteiger partial charge is 0.464 e. The first kappa shape index (κ1) is 15.0. The number of likely N-dealkylation sites (tertiary alicyclic amines) is 1. The van der Waals surface area contributed by atoms with Crippen LogP contribution in [0, 0.1) is 0 Å². The highest BCUT2D eigenvalue weighted by atomic mass is 16.5. The second-order valence-corrected chi connectivity index (χ2v) is 4.88. The Morgan fingerprint density at radius 3 is 2.76 bits per heavy atom. The topological polar surface area (TPSA) is 88.6 Å². The molecule has 0 aromatic carbocycles. The first-order valence-electron chi connectivity index (χ1n) is 6.61. The maximum atomic E-state index is 12.1. The molecule has 0 saturated carbocycles. The first-order chi connectivity index (χ1) is 10.0. The predicted octanol–water partition coefficient (Wildman–Crippen LogP) is 0.219. The summed E-state index contributed by atoms with van der Waals surface area (Å²) in [4.78, 5) is 40.5. The second-order valence-electron chi connectivity index (χ2n) is 4.88. The molecule has 112 valence electrons. The maximum absolute atomic E-state index is 12.1. The summed E-state index contributed by atoms with van der Waals surface area (Å²) < 4.78 is 4.57. The van der Waals surface area contributed by atoms with Crippen LogP contribution in [0.4, 0.5) is 0 Å². The number of hydrogen-bond acceptors (Lipinski definition) is 5. The molecular formula is C14H17N3O4. The summed E-state index contributed by atoms with van der Waals surface area (Å²) in [5, 5.41) is 2.82. The lowest BCUT2D eigenvalue weighted by Gasteiger charge is -2.30. The molecule has 2 heterocycles. The van der Waals surface area contributed by atoms with E-state index >= 15 is 0 Å². The van der Waals surface area contributed by atoms with Crippen molar-refractivity contribution in [3.05, 3.63) is 29.6 Å². The normalized spacial score (nSPS) is 18.3. The van der Waals surface area contributed by atoms with E-state index in [1.54, 1.807) is 18.0 Å². The highest BCUT2D eigenvalue weighted by molar-refractivity contribution is 5.94. The number of ether oxygens (including phenoxy) is 1. The summed E-state index contributed by atoms with van der Waals surface area (Å²) in [6.07, 6.45) is 1.02. The summed E-state index contributed by atoms with van der Waals surface area (Å²) in [5.74, 6) is -0.882. The Hall–Kier alpha value is -2.44. The maximum Gasteiger partial charge on any atom is 0.356 e. The SMILES string of the molecule is COC(=O)c1cccc(C(=O)N[C@H]2CCC(=O)N(C)C2)n1. The lowest BCUT2D eigenvalue weighted by molar-refractivity contribution is -0.132. The van der Waals surface area contributed by atoms with E-state index in [0.717, 1.165) is 0 Å². The zero-order valence-corrected chi connectivity index (χ0v) is 12.0. The molecule has 1 saturated heterocycles. The summed E-state index contributed by atoms with van der Waals surface area (Å²) in [7, 11) is 2.96. The quantitative estimate of drug-likeness (QED) is 0.805. The number of hydrogen-bond donors (Lipinski definition) is 1. The fourth-order valence-corrected chi connectivity index (χ4v) is 2.17. The number of methoxy groups -OCH3 is 1. The van der Waals surface area contributed by atoms with Gasteiger partial charge in [0.1, 0.15) is 11.4 Å². The van der Waals surface area contributed by atoms with E-state index in [4.69, 9.17) is 0 Å². The lowest BCUT2D eigenvalue weighted by atomic mass is 10.1. The molecule has 1 N–H and O–H groups in total. The van der Waals surface area contributed by atoms with E-state index in [1.165, 1.54) is 19.2 Å². The molecule has 1 atom stereocenters. The van der Waals surface area contributed by atoms with Crippen LogP contribution in [0.1, 0.15) is 33.8 Å². The standard InChI is InChI=1S/C14H17N3O4/c1-17-8-9(6-7-12(17)18)15-13(19)10-4-3-5-11(16-10)14(20)21-2/h3-5,9H,6-8H2,1-2H3,(H,15,19)/t9-/m0/s1. The van der Waals surface area contributed by atoms with Crippen molar-refractivity contribution in [2.75, 3.05) is 20.7 Å². The number of piperidine rings is 1. The van der Waals surface area contributed by atoms with Crippen molar-refractivity contribution < 1.29 is 19.1 Å². The van der Waals surface area contributed by atoms with Gasteiger partial charge in [0.15, 0.2) is 0 Å². The van der Waals surface area contributed by atoms with Crippen molar-refractivity contribution in [3.8, 4) is 0 Å². The predicted molar refractivity (Wildman–Crippen MR) is 73.7 cm³/mol. The molecule has 0 spiro atoms. The summed E-state index contributed by atoms with van der Waals surface area (Å²) in [6, 6.07) is 4.48. The number of rotatable bonds is 3. The third kappa shape index (κ3) is 3.56. The van der Waals surface area contributed by atoms with Crippen molar-refractivity contribution in [2.45, 2.75) is 18.9 Å². The number of nitrogens with zero attached hydrogens (tertiary/aromatic N) is 2. The average Bonchev–Trinajstić information content (AvgIpc) is 2.50. The van der Waals surface area contributed by atoms with Crippen molar-refractivity contribution >= 4 is 17.8 Å².